The maximum atomic E-state index is 12.5. The third-order valence-electron chi connectivity index (χ3n) is 4.97. The molecule has 3 aromatic rings. The van der Waals surface area contributed by atoms with Gasteiger partial charge in [0.05, 0.1) is 4.90 Å². The van der Waals surface area contributed by atoms with Gasteiger partial charge in [0.2, 0.25) is 10.0 Å². The molecule has 6 heteroatoms. The molecule has 0 saturated carbocycles. The average Bonchev–Trinajstić information content (AvgIpc) is 2.81. The van der Waals surface area contributed by atoms with Gasteiger partial charge in [-0.25, -0.2) is 13.1 Å². The van der Waals surface area contributed by atoms with E-state index in [0.29, 0.717) is 12.1 Å². The highest BCUT2D eigenvalue weighted by molar-refractivity contribution is 7.89. The Labute approximate surface area is 183 Å². The first-order valence-corrected chi connectivity index (χ1v) is 11.6. The number of carbonyl (C=O) groups is 1. The highest BCUT2D eigenvalue weighted by Crippen LogP contribution is 2.27. The van der Waals surface area contributed by atoms with E-state index in [9.17, 15) is 13.2 Å². The Morgan fingerprint density at radius 1 is 0.871 bits per heavy atom. The maximum Gasteiger partial charge on any atom is 0.251 e. The zero-order chi connectivity index (χ0) is 22.1. The van der Waals surface area contributed by atoms with Gasteiger partial charge in [0.25, 0.3) is 5.91 Å². The zero-order valence-electron chi connectivity index (χ0n) is 17.2. The summed E-state index contributed by atoms with van der Waals surface area (Å²) in [4.78, 5) is 12.7. The van der Waals surface area contributed by atoms with Crippen LogP contribution in [0, 0.1) is 0 Å². The van der Waals surface area contributed by atoms with Crippen molar-refractivity contribution in [3.8, 4) is 0 Å². The predicted molar refractivity (Wildman–Crippen MR) is 124 cm³/mol. The van der Waals surface area contributed by atoms with Crippen LogP contribution in [0.25, 0.3) is 0 Å². The average molecular weight is 435 g/mol. The van der Waals surface area contributed by atoms with Crippen LogP contribution in [-0.4, -0.2) is 27.4 Å². The van der Waals surface area contributed by atoms with Crippen LogP contribution in [0.5, 0.6) is 0 Å². The number of hydrogen-bond acceptors (Lipinski definition) is 3. The maximum absolute atomic E-state index is 12.5. The highest BCUT2D eigenvalue weighted by Gasteiger charge is 2.16. The molecule has 0 radical (unpaired) electrons. The molecule has 0 spiro atoms. The van der Waals surface area contributed by atoms with Crippen LogP contribution in [0.4, 0.5) is 0 Å². The van der Waals surface area contributed by atoms with Gasteiger partial charge in [0, 0.05) is 24.6 Å². The second-order valence-electron chi connectivity index (χ2n) is 7.08. The molecule has 0 heterocycles. The van der Waals surface area contributed by atoms with Gasteiger partial charge >= 0.3 is 0 Å². The number of hydrogen-bond donors (Lipinski definition) is 2. The molecule has 0 fully saturated rings. The monoisotopic (exact) mass is 434 g/mol. The standard InChI is InChI=1S/C25H26N2O3S/c1-2-18-27-31(29,30)23-15-13-22(14-16-23)25(28)26-19-17-24(20-9-5-3-6-10-20)21-11-7-4-8-12-21/h2-16,24,27H,1,17-19H2,(H,26,28). The first-order chi connectivity index (χ1) is 15.0. The molecule has 2 N–H and O–H groups in total. The van der Waals surface area contributed by atoms with E-state index in [1.54, 1.807) is 0 Å². The summed E-state index contributed by atoms with van der Waals surface area (Å²) in [5, 5.41) is 2.94. The van der Waals surface area contributed by atoms with E-state index < -0.39 is 10.0 Å². The molecule has 160 valence electrons. The second kappa shape index (κ2) is 10.7. The molecular weight excluding hydrogens is 408 g/mol. The van der Waals surface area contributed by atoms with Crippen molar-refractivity contribution >= 4 is 15.9 Å². The minimum Gasteiger partial charge on any atom is -0.352 e. The minimum absolute atomic E-state index is 0.110. The van der Waals surface area contributed by atoms with E-state index in [4.69, 9.17) is 0 Å². The fourth-order valence-electron chi connectivity index (χ4n) is 3.37. The zero-order valence-corrected chi connectivity index (χ0v) is 18.0. The summed E-state index contributed by atoms with van der Waals surface area (Å²) in [6, 6.07) is 26.3. The van der Waals surface area contributed by atoms with Crippen molar-refractivity contribution in [2.45, 2.75) is 17.2 Å². The smallest absolute Gasteiger partial charge is 0.251 e. The van der Waals surface area contributed by atoms with Crippen LogP contribution in [-0.2, 0) is 10.0 Å². The van der Waals surface area contributed by atoms with Crippen molar-refractivity contribution in [2.24, 2.45) is 0 Å². The number of amides is 1. The van der Waals surface area contributed by atoms with Gasteiger partial charge in [0.1, 0.15) is 0 Å². The van der Waals surface area contributed by atoms with Crippen molar-refractivity contribution < 1.29 is 13.2 Å². The first-order valence-electron chi connectivity index (χ1n) is 10.1. The summed E-state index contributed by atoms with van der Waals surface area (Å²) in [6.07, 6.45) is 2.22. The minimum atomic E-state index is -3.61. The molecule has 0 atom stereocenters. The lowest BCUT2D eigenvalue weighted by Crippen LogP contribution is -2.26. The van der Waals surface area contributed by atoms with E-state index in [1.807, 2.05) is 36.4 Å². The summed E-state index contributed by atoms with van der Waals surface area (Å²) in [5.74, 6) is -0.0611. The molecule has 0 aliphatic carbocycles. The van der Waals surface area contributed by atoms with Gasteiger partial charge in [0.15, 0.2) is 0 Å². The molecule has 5 nitrogen and oxygen atoms in total. The van der Waals surface area contributed by atoms with E-state index >= 15 is 0 Å². The third kappa shape index (κ3) is 6.13. The molecule has 0 saturated heterocycles. The van der Waals surface area contributed by atoms with Crippen LogP contribution < -0.4 is 10.0 Å². The Morgan fingerprint density at radius 3 is 1.94 bits per heavy atom. The molecular formula is C25H26N2O3S. The van der Waals surface area contributed by atoms with Gasteiger partial charge in [-0.15, -0.1) is 6.58 Å². The quantitative estimate of drug-likeness (QED) is 0.472. The summed E-state index contributed by atoms with van der Waals surface area (Å²) in [5.41, 5.74) is 2.81. The fourth-order valence-corrected chi connectivity index (χ4v) is 4.36. The molecule has 0 unspecified atom stereocenters. The number of sulfonamides is 1. The van der Waals surface area contributed by atoms with Gasteiger partial charge in [-0.1, -0.05) is 66.7 Å². The van der Waals surface area contributed by atoms with Gasteiger partial charge in [-0.05, 0) is 41.8 Å². The van der Waals surface area contributed by atoms with Crippen LogP contribution in [0.1, 0.15) is 33.8 Å². The summed E-state index contributed by atoms with van der Waals surface area (Å²) in [7, 11) is -3.61. The molecule has 1 amide bonds. The second-order valence-corrected chi connectivity index (χ2v) is 8.85. The number of nitrogens with one attached hydrogen (secondary N) is 2. The molecule has 31 heavy (non-hydrogen) atoms. The normalized spacial score (nSPS) is 11.3. The number of benzene rings is 3. The molecule has 0 aliphatic heterocycles. The fraction of sp³-hybridized carbons (Fsp3) is 0.160. The van der Waals surface area contributed by atoms with Crippen molar-refractivity contribution in [1.29, 1.82) is 0 Å². The van der Waals surface area contributed by atoms with Gasteiger partial charge in [-0.3, -0.25) is 4.79 Å². The van der Waals surface area contributed by atoms with Gasteiger partial charge in [-0.2, -0.15) is 0 Å². The van der Waals surface area contributed by atoms with Crippen LogP contribution in [0.2, 0.25) is 0 Å². The van der Waals surface area contributed by atoms with Crippen molar-refractivity contribution in [3.63, 3.8) is 0 Å². The Balaban J connectivity index is 1.63. The molecule has 3 aromatic carbocycles. The van der Waals surface area contributed by atoms with Gasteiger partial charge < -0.3 is 5.32 Å². The number of rotatable bonds is 10. The molecule has 3 rings (SSSR count). The lowest BCUT2D eigenvalue weighted by atomic mass is 9.88. The largest absolute Gasteiger partial charge is 0.352 e. The Bertz CT molecular complexity index is 1060. The van der Waals surface area contributed by atoms with Crippen LogP contribution in [0.15, 0.2) is 102 Å². The highest BCUT2D eigenvalue weighted by atomic mass is 32.2. The SMILES string of the molecule is C=CCNS(=O)(=O)c1ccc(C(=O)NCCC(c2ccccc2)c2ccccc2)cc1. The third-order valence-corrected chi connectivity index (χ3v) is 6.41. The Kier molecular flexibility index (Phi) is 7.76. The van der Waals surface area contributed by atoms with E-state index in [0.717, 1.165) is 6.42 Å². The number of carbonyl (C=O) groups excluding carboxylic acids is 1. The van der Waals surface area contributed by atoms with Crippen molar-refractivity contribution in [3.05, 3.63) is 114 Å². The molecule has 0 bridgehead atoms. The lowest BCUT2D eigenvalue weighted by molar-refractivity contribution is 0.0952. The predicted octanol–water partition coefficient (Wildman–Crippen LogP) is 4.10. The Hall–Kier alpha value is -3.22. The Morgan fingerprint density at radius 2 is 1.42 bits per heavy atom. The molecule has 0 aliphatic rings. The topological polar surface area (TPSA) is 75.3 Å². The summed E-state index contributed by atoms with van der Waals surface area (Å²) >= 11 is 0. The van der Waals surface area contributed by atoms with Crippen LogP contribution >= 0.6 is 0 Å². The lowest BCUT2D eigenvalue weighted by Gasteiger charge is -2.18. The summed E-state index contributed by atoms with van der Waals surface area (Å²) in [6.45, 7) is 4.14. The van der Waals surface area contributed by atoms with Crippen LogP contribution in [0.3, 0.4) is 0 Å². The van der Waals surface area contributed by atoms with Crippen molar-refractivity contribution in [2.75, 3.05) is 13.1 Å². The van der Waals surface area contributed by atoms with E-state index in [-0.39, 0.29) is 23.3 Å². The molecule has 0 aromatic heterocycles. The van der Waals surface area contributed by atoms with E-state index in [1.165, 1.54) is 41.5 Å². The summed E-state index contributed by atoms with van der Waals surface area (Å²) < 4.78 is 26.7. The first kappa shape index (κ1) is 22.5. The van der Waals surface area contributed by atoms with E-state index in [2.05, 4.69) is 40.9 Å². The van der Waals surface area contributed by atoms with Crippen molar-refractivity contribution in [1.82, 2.24) is 10.0 Å².